The predicted molar refractivity (Wildman–Crippen MR) is 91.5 cm³/mol. The van der Waals surface area contributed by atoms with E-state index in [0.29, 0.717) is 18.8 Å². The van der Waals surface area contributed by atoms with Crippen LogP contribution in [0.1, 0.15) is 35.4 Å². The molecule has 0 saturated carbocycles. The number of carbonyl (C=O) groups excluding carboxylic acids is 1. The molecule has 1 saturated heterocycles. The first-order valence-electron chi connectivity index (χ1n) is 8.25. The van der Waals surface area contributed by atoms with Gasteiger partial charge in [-0.05, 0) is 42.5 Å². The standard InChI is InChI=1S/C20H23NO2/c1-15-6-2-4-8-18(15)17-12-13-21(14-17)20(23)11-10-16-7-3-5-9-19(16)22/h2-9,17,22H,10-14H2,1H3/t17-/m0/s1. The van der Waals surface area contributed by atoms with Crippen LogP contribution in [0.15, 0.2) is 48.5 Å². The second-order valence-electron chi connectivity index (χ2n) is 6.31. The van der Waals surface area contributed by atoms with Crippen molar-refractivity contribution in [3.63, 3.8) is 0 Å². The van der Waals surface area contributed by atoms with Crippen LogP contribution in [0.4, 0.5) is 0 Å². The van der Waals surface area contributed by atoms with Gasteiger partial charge >= 0.3 is 0 Å². The van der Waals surface area contributed by atoms with Gasteiger partial charge in [0.2, 0.25) is 5.91 Å². The molecule has 3 nitrogen and oxygen atoms in total. The number of phenols is 1. The Morgan fingerprint density at radius 1 is 1.17 bits per heavy atom. The number of aryl methyl sites for hydroxylation is 2. The van der Waals surface area contributed by atoms with E-state index < -0.39 is 0 Å². The Bertz CT molecular complexity index is 696. The van der Waals surface area contributed by atoms with Gasteiger partial charge in [-0.15, -0.1) is 0 Å². The van der Waals surface area contributed by atoms with Gasteiger partial charge in [0, 0.05) is 25.4 Å². The molecular formula is C20H23NO2. The van der Waals surface area contributed by atoms with E-state index in [9.17, 15) is 9.90 Å². The molecule has 1 heterocycles. The molecule has 1 amide bonds. The number of phenolic OH excluding ortho intramolecular Hbond substituents is 1. The molecule has 23 heavy (non-hydrogen) atoms. The van der Waals surface area contributed by atoms with Gasteiger partial charge < -0.3 is 10.0 Å². The molecule has 0 bridgehead atoms. The Balaban J connectivity index is 1.58. The molecule has 1 aliphatic rings. The van der Waals surface area contributed by atoms with E-state index in [0.717, 1.165) is 25.1 Å². The third kappa shape index (κ3) is 3.55. The zero-order valence-corrected chi connectivity index (χ0v) is 13.5. The van der Waals surface area contributed by atoms with Crippen molar-refractivity contribution in [3.05, 3.63) is 65.2 Å². The summed E-state index contributed by atoms with van der Waals surface area (Å²) in [5.41, 5.74) is 3.51. The molecule has 0 aromatic heterocycles. The highest BCUT2D eigenvalue weighted by atomic mass is 16.3. The number of benzene rings is 2. The Hall–Kier alpha value is -2.29. The van der Waals surface area contributed by atoms with Crippen LogP contribution < -0.4 is 0 Å². The molecule has 1 fully saturated rings. The Morgan fingerprint density at radius 3 is 2.70 bits per heavy atom. The molecule has 0 radical (unpaired) electrons. The average molecular weight is 309 g/mol. The maximum absolute atomic E-state index is 12.4. The number of aromatic hydroxyl groups is 1. The average Bonchev–Trinajstić information content (AvgIpc) is 3.04. The highest BCUT2D eigenvalue weighted by molar-refractivity contribution is 5.77. The molecule has 3 rings (SSSR count). The first-order valence-corrected chi connectivity index (χ1v) is 8.25. The summed E-state index contributed by atoms with van der Waals surface area (Å²) in [6, 6.07) is 15.7. The maximum Gasteiger partial charge on any atom is 0.222 e. The van der Waals surface area contributed by atoms with Crippen LogP contribution in [0.2, 0.25) is 0 Å². The highest BCUT2D eigenvalue weighted by Crippen LogP contribution is 2.30. The summed E-state index contributed by atoms with van der Waals surface area (Å²) in [5, 5.41) is 9.79. The monoisotopic (exact) mass is 309 g/mol. The van der Waals surface area contributed by atoms with Crippen molar-refractivity contribution < 1.29 is 9.90 Å². The molecule has 120 valence electrons. The molecule has 1 aliphatic heterocycles. The van der Waals surface area contributed by atoms with Crippen molar-refractivity contribution in [2.75, 3.05) is 13.1 Å². The van der Waals surface area contributed by atoms with Gasteiger partial charge in [-0.2, -0.15) is 0 Å². The molecule has 1 N–H and O–H groups in total. The minimum absolute atomic E-state index is 0.185. The van der Waals surface area contributed by atoms with Crippen LogP contribution in [0.5, 0.6) is 5.75 Å². The number of amides is 1. The smallest absolute Gasteiger partial charge is 0.222 e. The number of carbonyl (C=O) groups is 1. The van der Waals surface area contributed by atoms with E-state index in [-0.39, 0.29) is 11.7 Å². The lowest BCUT2D eigenvalue weighted by atomic mass is 9.94. The first-order chi connectivity index (χ1) is 11.1. The van der Waals surface area contributed by atoms with Crippen LogP contribution in [0.3, 0.4) is 0 Å². The Morgan fingerprint density at radius 2 is 1.91 bits per heavy atom. The number of hydrogen-bond acceptors (Lipinski definition) is 2. The Labute approximate surface area is 137 Å². The zero-order chi connectivity index (χ0) is 16.2. The second-order valence-corrected chi connectivity index (χ2v) is 6.31. The largest absolute Gasteiger partial charge is 0.508 e. The van der Waals surface area contributed by atoms with Gasteiger partial charge in [-0.1, -0.05) is 42.5 Å². The van der Waals surface area contributed by atoms with Crippen molar-refractivity contribution >= 4 is 5.91 Å². The van der Waals surface area contributed by atoms with E-state index in [1.165, 1.54) is 11.1 Å². The summed E-state index contributed by atoms with van der Waals surface area (Å²) in [7, 11) is 0. The zero-order valence-electron chi connectivity index (χ0n) is 13.5. The van der Waals surface area contributed by atoms with Crippen molar-refractivity contribution in [2.24, 2.45) is 0 Å². The third-order valence-electron chi connectivity index (χ3n) is 4.77. The number of rotatable bonds is 4. The normalized spacial score (nSPS) is 17.4. The summed E-state index contributed by atoms with van der Waals surface area (Å²) in [6.07, 6.45) is 2.09. The van der Waals surface area contributed by atoms with Gasteiger partial charge in [0.1, 0.15) is 5.75 Å². The molecular weight excluding hydrogens is 286 g/mol. The third-order valence-corrected chi connectivity index (χ3v) is 4.77. The van der Waals surface area contributed by atoms with Gasteiger partial charge in [-0.25, -0.2) is 0 Å². The van der Waals surface area contributed by atoms with Crippen molar-refractivity contribution in [2.45, 2.75) is 32.1 Å². The van der Waals surface area contributed by atoms with E-state index in [1.807, 2.05) is 17.0 Å². The fraction of sp³-hybridized carbons (Fsp3) is 0.350. The van der Waals surface area contributed by atoms with Crippen molar-refractivity contribution in [1.29, 1.82) is 0 Å². The lowest BCUT2D eigenvalue weighted by molar-refractivity contribution is -0.130. The molecule has 2 aromatic carbocycles. The quantitative estimate of drug-likeness (QED) is 0.936. The summed E-state index contributed by atoms with van der Waals surface area (Å²) < 4.78 is 0. The van der Waals surface area contributed by atoms with E-state index >= 15 is 0 Å². The summed E-state index contributed by atoms with van der Waals surface area (Å²) in [6.45, 7) is 3.78. The van der Waals surface area contributed by atoms with Crippen LogP contribution in [-0.4, -0.2) is 29.0 Å². The van der Waals surface area contributed by atoms with E-state index in [4.69, 9.17) is 0 Å². The maximum atomic E-state index is 12.4. The predicted octanol–water partition coefficient (Wildman–Crippen LogP) is 3.65. The number of likely N-dealkylation sites (tertiary alicyclic amines) is 1. The highest BCUT2D eigenvalue weighted by Gasteiger charge is 2.27. The SMILES string of the molecule is Cc1ccccc1[C@H]1CCN(C(=O)CCc2ccccc2O)C1. The van der Waals surface area contributed by atoms with Gasteiger partial charge in [-0.3, -0.25) is 4.79 Å². The second kappa shape index (κ2) is 6.86. The van der Waals surface area contributed by atoms with Crippen molar-refractivity contribution in [1.82, 2.24) is 4.90 Å². The van der Waals surface area contributed by atoms with Crippen LogP contribution in [0, 0.1) is 6.92 Å². The van der Waals surface area contributed by atoms with Crippen LogP contribution in [0.25, 0.3) is 0 Å². The molecule has 2 aromatic rings. The van der Waals surface area contributed by atoms with Crippen LogP contribution >= 0.6 is 0 Å². The number of hydrogen-bond donors (Lipinski definition) is 1. The van der Waals surface area contributed by atoms with Crippen molar-refractivity contribution in [3.8, 4) is 5.75 Å². The molecule has 0 unspecified atom stereocenters. The lowest BCUT2D eigenvalue weighted by Gasteiger charge is -2.18. The number of nitrogens with zero attached hydrogens (tertiary/aromatic N) is 1. The number of para-hydroxylation sites is 1. The Kier molecular flexibility index (Phi) is 4.65. The van der Waals surface area contributed by atoms with Gasteiger partial charge in [0.25, 0.3) is 0 Å². The summed E-state index contributed by atoms with van der Waals surface area (Å²) >= 11 is 0. The van der Waals surface area contributed by atoms with E-state index in [1.54, 1.807) is 12.1 Å². The molecule has 0 spiro atoms. The topological polar surface area (TPSA) is 40.5 Å². The minimum atomic E-state index is 0.185. The fourth-order valence-electron chi connectivity index (χ4n) is 3.41. The fourth-order valence-corrected chi connectivity index (χ4v) is 3.41. The lowest BCUT2D eigenvalue weighted by Crippen LogP contribution is -2.28. The molecule has 0 aliphatic carbocycles. The van der Waals surface area contributed by atoms with Gasteiger partial charge in [0.15, 0.2) is 0 Å². The molecule has 1 atom stereocenters. The first kappa shape index (κ1) is 15.6. The minimum Gasteiger partial charge on any atom is -0.508 e. The van der Waals surface area contributed by atoms with Crippen LogP contribution in [-0.2, 0) is 11.2 Å². The summed E-state index contributed by atoms with van der Waals surface area (Å²) in [5.74, 6) is 0.911. The van der Waals surface area contributed by atoms with E-state index in [2.05, 4.69) is 31.2 Å². The van der Waals surface area contributed by atoms with Gasteiger partial charge in [0.05, 0.1) is 0 Å². The molecule has 3 heteroatoms. The summed E-state index contributed by atoms with van der Waals surface area (Å²) in [4.78, 5) is 14.4.